The molecule has 2 fully saturated rings. The van der Waals surface area contributed by atoms with E-state index in [0.29, 0.717) is 11.5 Å². The molecule has 0 aromatic rings. The normalized spacial score (nSPS) is 31.3. The summed E-state index contributed by atoms with van der Waals surface area (Å²) >= 11 is 0. The van der Waals surface area contributed by atoms with Gasteiger partial charge in [0.15, 0.2) is 0 Å². The van der Waals surface area contributed by atoms with E-state index in [0.717, 1.165) is 6.61 Å². The van der Waals surface area contributed by atoms with Gasteiger partial charge in [-0.2, -0.15) is 0 Å². The van der Waals surface area contributed by atoms with E-state index >= 15 is 0 Å². The third-order valence-electron chi connectivity index (χ3n) is 3.54. The van der Waals surface area contributed by atoms with Crippen molar-refractivity contribution in [1.82, 2.24) is 4.90 Å². The monoisotopic (exact) mass is 197 g/mol. The van der Waals surface area contributed by atoms with E-state index in [-0.39, 0.29) is 5.60 Å². The second kappa shape index (κ2) is 3.21. The third kappa shape index (κ3) is 2.29. The molecule has 0 bridgehead atoms. The van der Waals surface area contributed by atoms with Gasteiger partial charge < -0.3 is 9.64 Å². The van der Waals surface area contributed by atoms with Gasteiger partial charge in [0.2, 0.25) is 0 Å². The van der Waals surface area contributed by atoms with Crippen LogP contribution in [0.1, 0.15) is 40.0 Å². The minimum atomic E-state index is 0.0140. The first-order valence-corrected chi connectivity index (χ1v) is 5.75. The Morgan fingerprint density at radius 3 is 2.43 bits per heavy atom. The lowest BCUT2D eigenvalue weighted by molar-refractivity contribution is -0.0253. The molecule has 2 aliphatic rings. The highest BCUT2D eigenvalue weighted by Crippen LogP contribution is 2.54. The van der Waals surface area contributed by atoms with Crippen LogP contribution in [0.5, 0.6) is 0 Å². The number of nitrogens with zero attached hydrogens (tertiary/aromatic N) is 1. The molecule has 0 aromatic heterocycles. The van der Waals surface area contributed by atoms with Crippen molar-refractivity contribution in [2.45, 2.75) is 51.7 Å². The van der Waals surface area contributed by atoms with E-state index in [1.165, 1.54) is 25.8 Å². The minimum Gasteiger partial charge on any atom is -0.374 e. The molecule has 1 spiro atoms. The van der Waals surface area contributed by atoms with Crippen LogP contribution in [0.4, 0.5) is 0 Å². The van der Waals surface area contributed by atoms with Crippen LogP contribution in [0, 0.1) is 5.41 Å². The summed E-state index contributed by atoms with van der Waals surface area (Å²) in [4.78, 5) is 2.48. The van der Waals surface area contributed by atoms with E-state index < -0.39 is 0 Å². The van der Waals surface area contributed by atoms with Gasteiger partial charge in [0.25, 0.3) is 0 Å². The average molecular weight is 197 g/mol. The Labute approximate surface area is 87.6 Å². The molecule has 2 nitrogen and oxygen atoms in total. The number of likely N-dealkylation sites (N-methyl/N-ethyl adjacent to an activating group) is 1. The van der Waals surface area contributed by atoms with E-state index in [1.54, 1.807) is 0 Å². The first kappa shape index (κ1) is 10.4. The first-order valence-electron chi connectivity index (χ1n) is 5.75. The zero-order chi connectivity index (χ0) is 10.4. The third-order valence-corrected chi connectivity index (χ3v) is 3.54. The fourth-order valence-corrected chi connectivity index (χ4v) is 2.45. The zero-order valence-electron chi connectivity index (χ0n) is 9.97. The Morgan fingerprint density at radius 1 is 1.36 bits per heavy atom. The summed E-state index contributed by atoms with van der Waals surface area (Å²) in [5.41, 5.74) is 0.723. The van der Waals surface area contributed by atoms with E-state index in [2.05, 4.69) is 32.7 Å². The maximum Gasteiger partial charge on any atom is 0.0629 e. The molecule has 1 saturated carbocycles. The van der Waals surface area contributed by atoms with Crippen LogP contribution in [0.2, 0.25) is 0 Å². The SMILES string of the molecule is CN1CC2(CC2)C[C@H]1COC(C)(C)C. The van der Waals surface area contributed by atoms with Crippen molar-refractivity contribution in [3.05, 3.63) is 0 Å². The zero-order valence-corrected chi connectivity index (χ0v) is 9.97. The molecule has 0 unspecified atom stereocenters. The Kier molecular flexibility index (Phi) is 2.39. The molecule has 0 N–H and O–H groups in total. The molecule has 0 radical (unpaired) electrons. The van der Waals surface area contributed by atoms with Crippen LogP contribution in [-0.2, 0) is 4.74 Å². The fourth-order valence-electron chi connectivity index (χ4n) is 2.45. The molecule has 0 aromatic carbocycles. The second-order valence-corrected chi connectivity index (χ2v) is 6.20. The second-order valence-electron chi connectivity index (χ2n) is 6.20. The molecule has 2 rings (SSSR count). The van der Waals surface area contributed by atoms with Gasteiger partial charge in [-0.3, -0.25) is 0 Å². The highest BCUT2D eigenvalue weighted by Gasteiger charge is 2.50. The minimum absolute atomic E-state index is 0.0140. The molecular formula is C12H23NO. The Bertz CT molecular complexity index is 215. The average Bonchev–Trinajstić information content (AvgIpc) is 2.68. The molecule has 82 valence electrons. The largest absolute Gasteiger partial charge is 0.374 e. The van der Waals surface area contributed by atoms with Crippen molar-refractivity contribution in [3.63, 3.8) is 0 Å². The number of hydrogen-bond acceptors (Lipinski definition) is 2. The lowest BCUT2D eigenvalue weighted by atomic mass is 10.0. The van der Waals surface area contributed by atoms with Crippen LogP contribution in [0.15, 0.2) is 0 Å². The fraction of sp³-hybridized carbons (Fsp3) is 1.00. The molecule has 0 amide bonds. The van der Waals surface area contributed by atoms with Gasteiger partial charge in [-0.1, -0.05) is 0 Å². The van der Waals surface area contributed by atoms with Crippen LogP contribution in [0.3, 0.4) is 0 Å². The highest BCUT2D eigenvalue weighted by atomic mass is 16.5. The maximum atomic E-state index is 5.86. The number of hydrogen-bond donors (Lipinski definition) is 0. The van der Waals surface area contributed by atoms with Crippen molar-refractivity contribution in [2.24, 2.45) is 5.41 Å². The first-order chi connectivity index (χ1) is 6.40. The van der Waals surface area contributed by atoms with Crippen molar-refractivity contribution < 1.29 is 4.74 Å². The summed E-state index contributed by atoms with van der Waals surface area (Å²) in [6, 6.07) is 0.664. The predicted molar refractivity (Wildman–Crippen MR) is 58.4 cm³/mol. The molecule has 1 saturated heterocycles. The van der Waals surface area contributed by atoms with Gasteiger partial charge in [0.05, 0.1) is 12.2 Å². The summed E-state index contributed by atoms with van der Waals surface area (Å²) in [6.07, 6.45) is 4.26. The number of rotatable bonds is 2. The summed E-state index contributed by atoms with van der Waals surface area (Å²) in [5, 5.41) is 0. The van der Waals surface area contributed by atoms with Crippen molar-refractivity contribution >= 4 is 0 Å². The lowest BCUT2D eigenvalue weighted by Gasteiger charge is -2.25. The topological polar surface area (TPSA) is 12.5 Å². The van der Waals surface area contributed by atoms with Gasteiger partial charge >= 0.3 is 0 Å². The van der Waals surface area contributed by atoms with E-state index in [4.69, 9.17) is 4.74 Å². The van der Waals surface area contributed by atoms with Gasteiger partial charge in [0.1, 0.15) is 0 Å². The van der Waals surface area contributed by atoms with Gasteiger partial charge in [-0.15, -0.1) is 0 Å². The molecule has 1 atom stereocenters. The molecular weight excluding hydrogens is 174 g/mol. The van der Waals surface area contributed by atoms with Crippen molar-refractivity contribution in [3.8, 4) is 0 Å². The quantitative estimate of drug-likeness (QED) is 0.673. The predicted octanol–water partition coefficient (Wildman–Crippen LogP) is 2.29. The van der Waals surface area contributed by atoms with Crippen molar-refractivity contribution in [2.75, 3.05) is 20.2 Å². The van der Waals surface area contributed by atoms with Crippen LogP contribution >= 0.6 is 0 Å². The molecule has 1 aliphatic heterocycles. The smallest absolute Gasteiger partial charge is 0.0629 e. The molecule has 1 aliphatic carbocycles. The van der Waals surface area contributed by atoms with Crippen LogP contribution in [-0.4, -0.2) is 36.7 Å². The van der Waals surface area contributed by atoms with Crippen LogP contribution < -0.4 is 0 Å². The van der Waals surface area contributed by atoms with E-state index in [9.17, 15) is 0 Å². The lowest BCUT2D eigenvalue weighted by Crippen LogP contribution is -2.33. The number of ether oxygens (including phenoxy) is 1. The standard InChI is InChI=1S/C12H23NO/c1-11(2,3)14-8-10-7-12(5-6-12)9-13(10)4/h10H,5-9H2,1-4H3/t10-/m0/s1. The summed E-state index contributed by atoms with van der Waals surface area (Å²) in [6.45, 7) is 8.60. The highest BCUT2D eigenvalue weighted by molar-refractivity contribution is 5.03. The Balaban J connectivity index is 1.81. The summed E-state index contributed by atoms with van der Waals surface area (Å²) in [5.74, 6) is 0. The Hall–Kier alpha value is -0.0800. The van der Waals surface area contributed by atoms with E-state index in [1.807, 2.05) is 0 Å². The molecule has 1 heterocycles. The summed E-state index contributed by atoms with van der Waals surface area (Å²) < 4.78 is 5.86. The van der Waals surface area contributed by atoms with Gasteiger partial charge in [-0.25, -0.2) is 0 Å². The van der Waals surface area contributed by atoms with Gasteiger partial charge in [0, 0.05) is 12.6 Å². The Morgan fingerprint density at radius 2 is 2.00 bits per heavy atom. The molecule has 14 heavy (non-hydrogen) atoms. The van der Waals surface area contributed by atoms with Gasteiger partial charge in [-0.05, 0) is 52.5 Å². The maximum absolute atomic E-state index is 5.86. The van der Waals surface area contributed by atoms with Crippen molar-refractivity contribution in [1.29, 1.82) is 0 Å². The summed E-state index contributed by atoms with van der Waals surface area (Å²) in [7, 11) is 2.24. The van der Waals surface area contributed by atoms with Crippen LogP contribution in [0.25, 0.3) is 0 Å². The molecule has 2 heteroatoms. The number of likely N-dealkylation sites (tertiary alicyclic amines) is 1.